The molecule has 22 heavy (non-hydrogen) atoms. The summed E-state index contributed by atoms with van der Waals surface area (Å²) in [6.45, 7) is 4.87. The first-order valence-corrected chi connectivity index (χ1v) is 6.66. The third-order valence-corrected chi connectivity index (χ3v) is 2.98. The van der Waals surface area contributed by atoms with Gasteiger partial charge in [0.1, 0.15) is 6.04 Å². The lowest BCUT2D eigenvalue weighted by Gasteiger charge is -2.20. The number of halogens is 2. The SMILES string of the molecule is CC(=O)N[C@H](C(=O)Nc1ccc2c(c1)OC(F)(F)O2)C(C)C. The van der Waals surface area contributed by atoms with Gasteiger partial charge in [-0.2, -0.15) is 0 Å². The van der Waals surface area contributed by atoms with E-state index in [4.69, 9.17) is 0 Å². The van der Waals surface area contributed by atoms with E-state index in [2.05, 4.69) is 20.1 Å². The average molecular weight is 314 g/mol. The minimum Gasteiger partial charge on any atom is -0.395 e. The number of fused-ring (bicyclic) bond motifs is 1. The standard InChI is InChI=1S/C14H16F2N2O4/c1-7(2)12(17-8(3)19)13(20)18-9-4-5-10-11(6-9)22-14(15,16)21-10/h4-7,12H,1-3H3,(H,17,19)(H,18,20)/t12-/m0/s1. The van der Waals surface area contributed by atoms with Crippen LogP contribution in [0.5, 0.6) is 11.5 Å². The van der Waals surface area contributed by atoms with Gasteiger partial charge in [0, 0.05) is 18.7 Å². The molecule has 1 atom stereocenters. The topological polar surface area (TPSA) is 76.7 Å². The molecular weight excluding hydrogens is 298 g/mol. The Kier molecular flexibility index (Phi) is 4.20. The minimum atomic E-state index is -3.71. The summed E-state index contributed by atoms with van der Waals surface area (Å²) in [7, 11) is 0. The highest BCUT2D eigenvalue weighted by Crippen LogP contribution is 2.42. The molecule has 6 nitrogen and oxygen atoms in total. The quantitative estimate of drug-likeness (QED) is 0.892. The first-order valence-electron chi connectivity index (χ1n) is 6.66. The van der Waals surface area contributed by atoms with Gasteiger partial charge in [-0.25, -0.2) is 0 Å². The van der Waals surface area contributed by atoms with Crippen LogP contribution in [-0.2, 0) is 9.59 Å². The second kappa shape index (κ2) is 5.78. The predicted molar refractivity (Wildman–Crippen MR) is 73.7 cm³/mol. The van der Waals surface area contributed by atoms with E-state index in [1.54, 1.807) is 13.8 Å². The van der Waals surface area contributed by atoms with Gasteiger partial charge in [0.05, 0.1) is 0 Å². The third-order valence-electron chi connectivity index (χ3n) is 2.98. The summed E-state index contributed by atoms with van der Waals surface area (Å²) in [5, 5.41) is 5.09. The van der Waals surface area contributed by atoms with Crippen molar-refractivity contribution < 1.29 is 27.8 Å². The highest BCUT2D eigenvalue weighted by Gasteiger charge is 2.43. The van der Waals surface area contributed by atoms with Gasteiger partial charge in [0.2, 0.25) is 11.8 Å². The lowest BCUT2D eigenvalue weighted by Crippen LogP contribution is -2.46. The van der Waals surface area contributed by atoms with Crippen molar-refractivity contribution in [1.82, 2.24) is 5.32 Å². The number of hydrogen-bond acceptors (Lipinski definition) is 4. The summed E-state index contributed by atoms with van der Waals surface area (Å²) in [5.74, 6) is -1.19. The number of nitrogens with one attached hydrogen (secondary N) is 2. The summed E-state index contributed by atoms with van der Waals surface area (Å²) >= 11 is 0. The number of ether oxygens (including phenoxy) is 2. The Balaban J connectivity index is 2.11. The maximum absolute atomic E-state index is 12.9. The molecule has 1 aliphatic heterocycles. The molecule has 0 fully saturated rings. The van der Waals surface area contributed by atoms with Crippen molar-refractivity contribution in [1.29, 1.82) is 0 Å². The van der Waals surface area contributed by atoms with Gasteiger partial charge in [-0.1, -0.05) is 13.8 Å². The minimum absolute atomic E-state index is 0.106. The molecule has 0 spiro atoms. The Labute approximate surface area is 125 Å². The van der Waals surface area contributed by atoms with Crippen LogP contribution in [0.3, 0.4) is 0 Å². The molecule has 0 aromatic heterocycles. The van der Waals surface area contributed by atoms with Crippen LogP contribution in [0.4, 0.5) is 14.5 Å². The Morgan fingerprint density at radius 2 is 1.82 bits per heavy atom. The summed E-state index contributed by atoms with van der Waals surface area (Å²) in [4.78, 5) is 23.3. The summed E-state index contributed by atoms with van der Waals surface area (Å²) in [6.07, 6.45) is -3.71. The van der Waals surface area contributed by atoms with Crippen molar-refractivity contribution in [2.75, 3.05) is 5.32 Å². The van der Waals surface area contributed by atoms with Gasteiger partial charge >= 0.3 is 6.29 Å². The van der Waals surface area contributed by atoms with E-state index in [0.717, 1.165) is 0 Å². The fourth-order valence-corrected chi connectivity index (χ4v) is 2.00. The Hall–Kier alpha value is -2.38. The summed E-state index contributed by atoms with van der Waals surface area (Å²) in [6, 6.07) is 3.19. The fourth-order valence-electron chi connectivity index (χ4n) is 2.00. The van der Waals surface area contributed by atoms with E-state index in [1.165, 1.54) is 25.1 Å². The molecular formula is C14H16F2N2O4. The van der Waals surface area contributed by atoms with Crippen molar-refractivity contribution in [3.63, 3.8) is 0 Å². The number of benzene rings is 1. The second-order valence-corrected chi connectivity index (χ2v) is 5.24. The molecule has 0 saturated carbocycles. The fraction of sp³-hybridized carbons (Fsp3) is 0.429. The van der Waals surface area contributed by atoms with Crippen LogP contribution in [-0.4, -0.2) is 24.2 Å². The van der Waals surface area contributed by atoms with Crippen LogP contribution in [0.25, 0.3) is 0 Å². The Morgan fingerprint density at radius 1 is 1.18 bits per heavy atom. The molecule has 1 aromatic carbocycles. The van der Waals surface area contributed by atoms with Gasteiger partial charge in [-0.05, 0) is 18.1 Å². The number of hydrogen-bond donors (Lipinski definition) is 2. The zero-order chi connectivity index (χ0) is 16.5. The average Bonchev–Trinajstić information content (AvgIpc) is 2.68. The predicted octanol–water partition coefficient (Wildman–Crippen LogP) is 2.11. The lowest BCUT2D eigenvalue weighted by atomic mass is 10.0. The monoisotopic (exact) mass is 314 g/mol. The number of anilines is 1. The normalized spacial score (nSPS) is 16.3. The van der Waals surface area contributed by atoms with Gasteiger partial charge in [0.15, 0.2) is 11.5 Å². The van der Waals surface area contributed by atoms with E-state index in [9.17, 15) is 18.4 Å². The van der Waals surface area contributed by atoms with Gasteiger partial charge in [-0.15, -0.1) is 8.78 Å². The first kappa shape index (κ1) is 16.0. The first-order chi connectivity index (χ1) is 10.2. The van der Waals surface area contributed by atoms with Crippen molar-refractivity contribution in [2.45, 2.75) is 33.1 Å². The van der Waals surface area contributed by atoms with E-state index in [-0.39, 0.29) is 29.0 Å². The maximum atomic E-state index is 12.9. The molecule has 120 valence electrons. The summed E-state index contributed by atoms with van der Waals surface area (Å²) in [5.41, 5.74) is 0.265. The Morgan fingerprint density at radius 3 is 2.41 bits per heavy atom. The van der Waals surface area contributed by atoms with Crippen molar-refractivity contribution in [3.05, 3.63) is 18.2 Å². The van der Waals surface area contributed by atoms with Gasteiger partial charge < -0.3 is 20.1 Å². The molecule has 0 bridgehead atoms. The maximum Gasteiger partial charge on any atom is 0.586 e. The number of carbonyl (C=O) groups is 2. The molecule has 0 radical (unpaired) electrons. The zero-order valence-corrected chi connectivity index (χ0v) is 12.3. The van der Waals surface area contributed by atoms with Crippen molar-refractivity contribution in [3.8, 4) is 11.5 Å². The molecule has 1 aromatic rings. The highest BCUT2D eigenvalue weighted by atomic mass is 19.3. The van der Waals surface area contributed by atoms with Crippen LogP contribution in [0.1, 0.15) is 20.8 Å². The molecule has 8 heteroatoms. The number of rotatable bonds is 4. The van der Waals surface area contributed by atoms with E-state index in [1.807, 2.05) is 0 Å². The second-order valence-electron chi connectivity index (χ2n) is 5.24. The van der Waals surface area contributed by atoms with Crippen LogP contribution < -0.4 is 20.1 Å². The lowest BCUT2D eigenvalue weighted by molar-refractivity contribution is -0.286. The molecule has 0 saturated heterocycles. The highest BCUT2D eigenvalue weighted by molar-refractivity contribution is 5.97. The number of carbonyl (C=O) groups excluding carboxylic acids is 2. The van der Waals surface area contributed by atoms with E-state index >= 15 is 0 Å². The van der Waals surface area contributed by atoms with E-state index in [0.29, 0.717) is 0 Å². The van der Waals surface area contributed by atoms with Crippen LogP contribution >= 0.6 is 0 Å². The number of alkyl halides is 2. The molecule has 2 amide bonds. The molecule has 0 aliphatic carbocycles. The molecule has 1 heterocycles. The third kappa shape index (κ3) is 3.63. The van der Waals surface area contributed by atoms with Gasteiger partial charge in [0.25, 0.3) is 0 Å². The van der Waals surface area contributed by atoms with E-state index < -0.39 is 18.2 Å². The molecule has 1 aliphatic rings. The number of amides is 2. The smallest absolute Gasteiger partial charge is 0.395 e. The largest absolute Gasteiger partial charge is 0.586 e. The van der Waals surface area contributed by atoms with Crippen LogP contribution in [0, 0.1) is 5.92 Å². The van der Waals surface area contributed by atoms with Crippen LogP contribution in [0.15, 0.2) is 18.2 Å². The molecule has 0 unspecified atom stereocenters. The van der Waals surface area contributed by atoms with Gasteiger partial charge in [-0.3, -0.25) is 9.59 Å². The zero-order valence-electron chi connectivity index (χ0n) is 12.3. The summed E-state index contributed by atoms with van der Waals surface area (Å²) < 4.78 is 34.4. The van der Waals surface area contributed by atoms with Crippen molar-refractivity contribution in [2.24, 2.45) is 5.92 Å². The van der Waals surface area contributed by atoms with Crippen LogP contribution in [0.2, 0.25) is 0 Å². The molecule has 2 rings (SSSR count). The molecule has 2 N–H and O–H groups in total. The van der Waals surface area contributed by atoms with Crippen molar-refractivity contribution >= 4 is 17.5 Å². The Bertz CT molecular complexity index is 605.